The van der Waals surface area contributed by atoms with E-state index < -0.39 is 0 Å². The summed E-state index contributed by atoms with van der Waals surface area (Å²) in [5.74, 6) is 0.189. The van der Waals surface area contributed by atoms with E-state index in [4.69, 9.17) is 4.74 Å². The Balaban J connectivity index is 1.86. The number of rotatable bonds is 9. The van der Waals surface area contributed by atoms with Crippen LogP contribution in [0, 0.1) is 6.92 Å². The maximum Gasteiger partial charge on any atom is 0.236 e. The molecule has 5 heteroatoms. The van der Waals surface area contributed by atoms with E-state index >= 15 is 0 Å². The third kappa shape index (κ3) is 5.52. The number of methoxy groups -OCH3 is 1. The second kappa shape index (κ2) is 9.30. The van der Waals surface area contributed by atoms with Crippen molar-refractivity contribution in [2.24, 2.45) is 0 Å². The average molecular weight is 337 g/mol. The average Bonchev–Trinajstić information content (AvgIpc) is 3.02. The van der Waals surface area contributed by atoms with Crippen LogP contribution in [0.3, 0.4) is 0 Å². The number of carbonyl (C=O) groups excluding carboxylic acids is 1. The molecule has 1 amide bonds. The van der Waals surface area contributed by atoms with Crippen molar-refractivity contribution >= 4 is 17.7 Å². The summed E-state index contributed by atoms with van der Waals surface area (Å²) >= 11 is 1.73. The van der Waals surface area contributed by atoms with Crippen LogP contribution in [0.2, 0.25) is 0 Å². The molecule has 0 bridgehead atoms. The predicted molar refractivity (Wildman–Crippen MR) is 96.0 cm³/mol. The SMILES string of the molecule is COCCNCCNC(=O)C1(Sc2ccc(C)cc2)CCCC1. The van der Waals surface area contributed by atoms with Gasteiger partial charge in [0, 0.05) is 31.6 Å². The summed E-state index contributed by atoms with van der Waals surface area (Å²) < 4.78 is 4.70. The molecule has 0 saturated heterocycles. The fourth-order valence-electron chi connectivity index (χ4n) is 2.88. The number of aryl methyl sites for hydroxylation is 1. The van der Waals surface area contributed by atoms with E-state index in [2.05, 4.69) is 41.8 Å². The first-order valence-electron chi connectivity index (χ1n) is 8.40. The first kappa shape index (κ1) is 18.3. The molecule has 1 fully saturated rings. The number of thioether (sulfide) groups is 1. The van der Waals surface area contributed by atoms with Crippen molar-refractivity contribution in [2.45, 2.75) is 42.2 Å². The van der Waals surface area contributed by atoms with Gasteiger partial charge in [0.15, 0.2) is 0 Å². The van der Waals surface area contributed by atoms with Crippen molar-refractivity contribution in [3.8, 4) is 0 Å². The molecule has 1 aliphatic rings. The minimum atomic E-state index is -0.290. The Morgan fingerprint density at radius 2 is 1.87 bits per heavy atom. The Morgan fingerprint density at radius 1 is 1.17 bits per heavy atom. The molecule has 1 aromatic rings. The molecule has 0 spiro atoms. The van der Waals surface area contributed by atoms with Gasteiger partial charge in [-0.2, -0.15) is 0 Å². The molecule has 23 heavy (non-hydrogen) atoms. The quantitative estimate of drug-likeness (QED) is 0.681. The van der Waals surface area contributed by atoms with Crippen LogP contribution < -0.4 is 10.6 Å². The van der Waals surface area contributed by atoms with Gasteiger partial charge in [0.2, 0.25) is 5.91 Å². The Morgan fingerprint density at radius 3 is 2.52 bits per heavy atom. The first-order chi connectivity index (χ1) is 11.2. The number of carbonyl (C=O) groups is 1. The zero-order valence-corrected chi connectivity index (χ0v) is 15.0. The van der Waals surface area contributed by atoms with Gasteiger partial charge in [-0.15, -0.1) is 11.8 Å². The summed E-state index contributed by atoms with van der Waals surface area (Å²) in [7, 11) is 1.69. The maximum atomic E-state index is 12.7. The van der Waals surface area contributed by atoms with Crippen LogP contribution in [0.25, 0.3) is 0 Å². The standard InChI is InChI=1S/C18H28N2O2S/c1-15-5-7-16(8-6-15)23-18(9-3-4-10-18)17(21)20-12-11-19-13-14-22-2/h5-8,19H,3-4,9-14H2,1-2H3,(H,20,21). The lowest BCUT2D eigenvalue weighted by Crippen LogP contribution is -2.44. The molecular weight excluding hydrogens is 308 g/mol. The van der Waals surface area contributed by atoms with E-state index in [1.807, 2.05) is 0 Å². The predicted octanol–water partition coefficient (Wildman–Crippen LogP) is 2.75. The largest absolute Gasteiger partial charge is 0.383 e. The molecule has 0 aromatic heterocycles. The fourth-order valence-corrected chi connectivity index (χ4v) is 4.26. The molecule has 0 atom stereocenters. The van der Waals surface area contributed by atoms with Crippen LogP contribution >= 0.6 is 11.8 Å². The van der Waals surface area contributed by atoms with Gasteiger partial charge in [0.25, 0.3) is 0 Å². The monoisotopic (exact) mass is 336 g/mol. The van der Waals surface area contributed by atoms with E-state index in [0.717, 1.165) is 38.8 Å². The van der Waals surface area contributed by atoms with Crippen LogP contribution in [0.1, 0.15) is 31.2 Å². The highest BCUT2D eigenvalue weighted by Gasteiger charge is 2.41. The third-order valence-corrected chi connectivity index (χ3v) is 5.72. The maximum absolute atomic E-state index is 12.7. The Hall–Kier alpha value is -1.04. The lowest BCUT2D eigenvalue weighted by Gasteiger charge is -2.27. The van der Waals surface area contributed by atoms with Gasteiger partial charge in [-0.25, -0.2) is 0 Å². The number of amides is 1. The van der Waals surface area contributed by atoms with Gasteiger partial charge in [-0.3, -0.25) is 4.79 Å². The second-order valence-electron chi connectivity index (χ2n) is 6.12. The molecule has 1 aromatic carbocycles. The number of ether oxygens (including phenoxy) is 1. The number of nitrogens with one attached hydrogen (secondary N) is 2. The van der Waals surface area contributed by atoms with Crippen molar-refractivity contribution in [2.75, 3.05) is 33.4 Å². The van der Waals surface area contributed by atoms with Crippen LogP contribution in [0.5, 0.6) is 0 Å². The Bertz CT molecular complexity index is 484. The molecule has 1 aliphatic carbocycles. The number of hydrogen-bond donors (Lipinski definition) is 2. The minimum Gasteiger partial charge on any atom is -0.383 e. The van der Waals surface area contributed by atoms with E-state index in [-0.39, 0.29) is 10.7 Å². The van der Waals surface area contributed by atoms with Crippen molar-refractivity contribution in [1.82, 2.24) is 10.6 Å². The summed E-state index contributed by atoms with van der Waals surface area (Å²) in [4.78, 5) is 13.9. The van der Waals surface area contributed by atoms with E-state index in [0.29, 0.717) is 13.2 Å². The highest BCUT2D eigenvalue weighted by molar-refractivity contribution is 8.01. The molecule has 0 heterocycles. The van der Waals surface area contributed by atoms with Gasteiger partial charge < -0.3 is 15.4 Å². The van der Waals surface area contributed by atoms with Crippen molar-refractivity contribution in [1.29, 1.82) is 0 Å². The highest BCUT2D eigenvalue weighted by Crippen LogP contribution is 2.45. The Labute approximate surface area is 143 Å². The van der Waals surface area contributed by atoms with Crippen LogP contribution in [0.4, 0.5) is 0 Å². The zero-order valence-electron chi connectivity index (χ0n) is 14.2. The van der Waals surface area contributed by atoms with E-state index in [9.17, 15) is 4.79 Å². The molecule has 0 aliphatic heterocycles. The van der Waals surface area contributed by atoms with Crippen molar-refractivity contribution < 1.29 is 9.53 Å². The molecule has 0 radical (unpaired) electrons. The summed E-state index contributed by atoms with van der Waals surface area (Å²) in [6, 6.07) is 8.48. The van der Waals surface area contributed by atoms with Gasteiger partial charge >= 0.3 is 0 Å². The summed E-state index contributed by atoms with van der Waals surface area (Å²) in [5, 5.41) is 6.37. The summed E-state index contributed by atoms with van der Waals surface area (Å²) in [6.07, 6.45) is 4.21. The molecule has 2 rings (SSSR count). The first-order valence-corrected chi connectivity index (χ1v) is 9.21. The topological polar surface area (TPSA) is 50.4 Å². The summed E-state index contributed by atoms with van der Waals surface area (Å²) in [6.45, 7) is 5.04. The minimum absolute atomic E-state index is 0.189. The molecule has 0 unspecified atom stereocenters. The lowest BCUT2D eigenvalue weighted by atomic mass is 10.1. The molecular formula is C18H28N2O2S. The smallest absolute Gasteiger partial charge is 0.236 e. The van der Waals surface area contributed by atoms with Crippen LogP contribution in [-0.2, 0) is 9.53 Å². The van der Waals surface area contributed by atoms with Crippen LogP contribution in [0.15, 0.2) is 29.2 Å². The van der Waals surface area contributed by atoms with E-state index in [1.54, 1.807) is 18.9 Å². The molecule has 2 N–H and O–H groups in total. The number of hydrogen-bond acceptors (Lipinski definition) is 4. The van der Waals surface area contributed by atoms with Crippen LogP contribution in [-0.4, -0.2) is 44.0 Å². The molecule has 1 saturated carbocycles. The number of benzene rings is 1. The molecule has 4 nitrogen and oxygen atoms in total. The second-order valence-corrected chi connectivity index (χ2v) is 7.57. The van der Waals surface area contributed by atoms with Crippen molar-refractivity contribution in [3.63, 3.8) is 0 Å². The third-order valence-electron chi connectivity index (χ3n) is 4.23. The van der Waals surface area contributed by atoms with Gasteiger partial charge in [-0.05, 0) is 31.9 Å². The van der Waals surface area contributed by atoms with Gasteiger partial charge in [0.05, 0.1) is 11.4 Å². The normalized spacial score (nSPS) is 16.4. The zero-order chi connectivity index (χ0) is 16.5. The Kier molecular flexibility index (Phi) is 7.40. The summed E-state index contributed by atoms with van der Waals surface area (Å²) in [5.41, 5.74) is 1.25. The van der Waals surface area contributed by atoms with Crippen molar-refractivity contribution in [3.05, 3.63) is 29.8 Å². The fraction of sp³-hybridized carbons (Fsp3) is 0.611. The van der Waals surface area contributed by atoms with Gasteiger partial charge in [-0.1, -0.05) is 30.5 Å². The molecule has 128 valence electrons. The highest BCUT2D eigenvalue weighted by atomic mass is 32.2. The lowest BCUT2D eigenvalue weighted by molar-refractivity contribution is -0.123. The van der Waals surface area contributed by atoms with E-state index in [1.165, 1.54) is 10.5 Å². The van der Waals surface area contributed by atoms with Gasteiger partial charge in [0.1, 0.15) is 0 Å².